The van der Waals surface area contributed by atoms with Crippen LogP contribution in [0.4, 0.5) is 5.69 Å². The fourth-order valence-electron chi connectivity index (χ4n) is 2.38. The monoisotopic (exact) mass is 235 g/mol. The van der Waals surface area contributed by atoms with Gasteiger partial charge in [-0.25, -0.2) is 0 Å². The molecule has 0 aromatic heterocycles. The van der Waals surface area contributed by atoms with Gasteiger partial charge in [0.15, 0.2) is 0 Å². The molecule has 2 heteroatoms. The van der Waals surface area contributed by atoms with Crippen LogP contribution < -0.4 is 4.90 Å². The Morgan fingerprint density at radius 2 is 1.94 bits per heavy atom. The molecule has 0 amide bonds. The topological polar surface area (TPSA) is 12.5 Å². The summed E-state index contributed by atoms with van der Waals surface area (Å²) in [6, 6.07) is 4.57. The zero-order valence-electron chi connectivity index (χ0n) is 11.8. The second-order valence-corrected chi connectivity index (χ2v) is 4.31. The first-order valence-electron chi connectivity index (χ1n) is 6.56. The number of nitrogens with zero attached hydrogens (tertiary/aromatic N) is 1. The van der Waals surface area contributed by atoms with Crippen molar-refractivity contribution in [1.29, 1.82) is 0 Å². The van der Waals surface area contributed by atoms with Crippen molar-refractivity contribution in [2.45, 2.75) is 34.1 Å². The van der Waals surface area contributed by atoms with Crippen molar-refractivity contribution in [2.24, 2.45) is 0 Å². The van der Waals surface area contributed by atoms with E-state index in [-0.39, 0.29) is 0 Å². The molecule has 0 fully saturated rings. The molecule has 0 radical (unpaired) electrons. The van der Waals surface area contributed by atoms with Gasteiger partial charge in [0.05, 0.1) is 6.61 Å². The highest BCUT2D eigenvalue weighted by Gasteiger charge is 2.20. The molecule has 0 saturated heterocycles. The van der Waals surface area contributed by atoms with Gasteiger partial charge < -0.3 is 9.64 Å². The van der Waals surface area contributed by atoms with E-state index in [4.69, 9.17) is 4.74 Å². The first kappa shape index (κ1) is 14.0. The van der Waals surface area contributed by atoms with Gasteiger partial charge in [-0.1, -0.05) is 19.9 Å². The zero-order valence-corrected chi connectivity index (χ0v) is 11.8. The third-order valence-corrected chi connectivity index (χ3v) is 3.13. The highest BCUT2D eigenvalue weighted by atomic mass is 16.5. The summed E-state index contributed by atoms with van der Waals surface area (Å²) < 4.78 is 5.14. The van der Waals surface area contributed by atoms with Crippen LogP contribution in [0.25, 0.3) is 0 Å². The molecule has 0 aliphatic carbocycles. The Hall–Kier alpha value is -1.02. The molecule has 0 bridgehead atoms. The lowest BCUT2D eigenvalue weighted by molar-refractivity contribution is 0.205. The minimum absolute atomic E-state index is 0.812. The molecule has 2 nitrogen and oxygen atoms in total. The van der Waals surface area contributed by atoms with Crippen LogP contribution in [0.5, 0.6) is 0 Å². The minimum Gasteiger partial charge on any atom is -0.383 e. The summed E-state index contributed by atoms with van der Waals surface area (Å²) in [4.78, 5) is 2.43. The van der Waals surface area contributed by atoms with Crippen molar-refractivity contribution in [3.8, 4) is 0 Å². The highest BCUT2D eigenvalue weighted by Crippen LogP contribution is 2.31. The van der Waals surface area contributed by atoms with E-state index in [1.807, 2.05) is 13.8 Å². The quantitative estimate of drug-likeness (QED) is 0.796. The smallest absolute Gasteiger partial charge is 0.0637 e. The van der Waals surface area contributed by atoms with Gasteiger partial charge in [0.25, 0.3) is 0 Å². The molecule has 1 aromatic rings. The van der Waals surface area contributed by atoms with Crippen molar-refractivity contribution in [2.75, 3.05) is 31.7 Å². The second-order valence-electron chi connectivity index (χ2n) is 4.31. The molecule has 1 aliphatic heterocycles. The normalized spacial score (nSPS) is 13.1. The van der Waals surface area contributed by atoms with E-state index in [9.17, 15) is 0 Å². The van der Waals surface area contributed by atoms with Gasteiger partial charge in [-0.05, 0) is 43.0 Å². The molecule has 0 saturated carbocycles. The predicted molar refractivity (Wildman–Crippen MR) is 75.1 cm³/mol. The molecular formula is C15H25NO. The molecule has 96 valence electrons. The van der Waals surface area contributed by atoms with Gasteiger partial charge in [0.1, 0.15) is 0 Å². The van der Waals surface area contributed by atoms with E-state index >= 15 is 0 Å². The fraction of sp³-hybridized carbons (Fsp3) is 0.600. The lowest BCUT2D eigenvalue weighted by Crippen LogP contribution is -2.24. The Morgan fingerprint density at radius 1 is 1.24 bits per heavy atom. The molecule has 2 rings (SSSR count). The first-order chi connectivity index (χ1) is 8.22. The van der Waals surface area contributed by atoms with Crippen molar-refractivity contribution >= 4 is 5.69 Å². The van der Waals surface area contributed by atoms with Crippen molar-refractivity contribution < 1.29 is 4.74 Å². The lowest BCUT2D eigenvalue weighted by atomic mass is 10.0. The average molecular weight is 235 g/mol. The molecule has 1 heterocycles. The van der Waals surface area contributed by atoms with Crippen molar-refractivity contribution in [3.63, 3.8) is 0 Å². The Labute approximate surface area is 106 Å². The second kappa shape index (κ2) is 6.65. The maximum atomic E-state index is 5.14. The third-order valence-electron chi connectivity index (χ3n) is 3.13. The predicted octanol–water partition coefficient (Wildman–Crippen LogP) is 3.34. The highest BCUT2D eigenvalue weighted by molar-refractivity contribution is 5.62. The van der Waals surface area contributed by atoms with E-state index in [0.717, 1.165) is 19.7 Å². The Morgan fingerprint density at radius 3 is 2.59 bits per heavy atom. The molecular weight excluding hydrogens is 210 g/mol. The van der Waals surface area contributed by atoms with Crippen LogP contribution in [0, 0.1) is 13.8 Å². The summed E-state index contributed by atoms with van der Waals surface area (Å²) in [5, 5.41) is 0. The van der Waals surface area contributed by atoms with E-state index in [1.165, 1.54) is 28.8 Å². The van der Waals surface area contributed by atoms with E-state index < -0.39 is 0 Å². The largest absolute Gasteiger partial charge is 0.383 e. The number of ether oxygens (including phenoxy) is 1. The number of hydrogen-bond acceptors (Lipinski definition) is 2. The Kier molecular flexibility index (Phi) is 5.49. The maximum Gasteiger partial charge on any atom is 0.0637 e. The number of benzene rings is 1. The van der Waals surface area contributed by atoms with Crippen LogP contribution in [0.2, 0.25) is 0 Å². The number of aryl methyl sites for hydroxylation is 2. The van der Waals surface area contributed by atoms with Crippen molar-refractivity contribution in [3.05, 3.63) is 28.8 Å². The van der Waals surface area contributed by atoms with Crippen LogP contribution in [0.15, 0.2) is 12.1 Å². The Balaban J connectivity index is 0.000000686. The number of rotatable bonds is 3. The molecule has 0 spiro atoms. The summed E-state index contributed by atoms with van der Waals surface area (Å²) in [6.45, 7) is 11.3. The number of anilines is 1. The lowest BCUT2D eigenvalue weighted by Gasteiger charge is -2.19. The average Bonchev–Trinajstić information content (AvgIpc) is 2.72. The van der Waals surface area contributed by atoms with Gasteiger partial charge in [-0.2, -0.15) is 0 Å². The number of hydrogen-bond donors (Lipinski definition) is 0. The minimum atomic E-state index is 0.812. The molecule has 0 atom stereocenters. The number of methoxy groups -OCH3 is 1. The summed E-state index contributed by atoms with van der Waals surface area (Å²) in [7, 11) is 1.76. The molecule has 1 aliphatic rings. The van der Waals surface area contributed by atoms with E-state index in [0.29, 0.717) is 0 Å². The zero-order chi connectivity index (χ0) is 12.8. The van der Waals surface area contributed by atoms with Gasteiger partial charge in [-0.3, -0.25) is 0 Å². The summed E-state index contributed by atoms with van der Waals surface area (Å²) in [5.74, 6) is 0. The van der Waals surface area contributed by atoms with Gasteiger partial charge in [0, 0.05) is 25.9 Å². The van der Waals surface area contributed by atoms with Crippen LogP contribution >= 0.6 is 0 Å². The van der Waals surface area contributed by atoms with Crippen molar-refractivity contribution in [1.82, 2.24) is 0 Å². The maximum absolute atomic E-state index is 5.14. The standard InChI is InChI=1S/C13H19NO.C2H6/c1-10-8-11(2)12-4-5-14(6-7-15-3)13(12)9-10;1-2/h8-9H,4-7H2,1-3H3;1-2H3. The van der Waals surface area contributed by atoms with Crippen LogP contribution in [0.3, 0.4) is 0 Å². The van der Waals surface area contributed by atoms with Crippen LogP contribution in [-0.2, 0) is 11.2 Å². The molecule has 0 unspecified atom stereocenters. The van der Waals surface area contributed by atoms with Crippen LogP contribution in [-0.4, -0.2) is 26.8 Å². The summed E-state index contributed by atoms with van der Waals surface area (Å²) in [6.07, 6.45) is 1.19. The SMILES string of the molecule is CC.COCCN1CCc2c(C)cc(C)cc21. The summed E-state index contributed by atoms with van der Waals surface area (Å²) >= 11 is 0. The first-order valence-corrected chi connectivity index (χ1v) is 6.56. The van der Waals surface area contributed by atoms with Gasteiger partial charge in [0.2, 0.25) is 0 Å². The van der Waals surface area contributed by atoms with Gasteiger partial charge >= 0.3 is 0 Å². The fourth-order valence-corrected chi connectivity index (χ4v) is 2.38. The molecule has 1 aromatic carbocycles. The molecule has 0 N–H and O–H groups in total. The Bertz CT molecular complexity index is 360. The van der Waals surface area contributed by atoms with Gasteiger partial charge in [-0.15, -0.1) is 0 Å². The van der Waals surface area contributed by atoms with E-state index in [1.54, 1.807) is 7.11 Å². The third kappa shape index (κ3) is 3.22. The molecule has 17 heavy (non-hydrogen) atoms. The van der Waals surface area contributed by atoms with Crippen LogP contribution in [0.1, 0.15) is 30.5 Å². The number of fused-ring (bicyclic) bond motifs is 1. The van der Waals surface area contributed by atoms with E-state index in [2.05, 4.69) is 30.9 Å². The summed E-state index contributed by atoms with van der Waals surface area (Å²) in [5.41, 5.74) is 5.74.